The normalized spacial score (nSPS) is 19.1. The Bertz CT molecular complexity index is 514. The molecule has 1 atom stereocenters. The predicted octanol–water partition coefficient (Wildman–Crippen LogP) is 0.480. The minimum atomic E-state index is -0.433. The first-order valence-corrected chi connectivity index (χ1v) is 6.11. The van der Waals surface area contributed by atoms with E-state index in [0.29, 0.717) is 12.2 Å². The zero-order valence-corrected chi connectivity index (χ0v) is 11.1. The molecule has 1 aromatic rings. The SMILES string of the molecule is CN(C)C(=O)C1CCCN1c1cn[nH]c(=O)c1Cl. The van der Waals surface area contributed by atoms with Gasteiger partial charge in [0, 0.05) is 20.6 Å². The molecule has 1 aliphatic rings. The number of nitrogens with one attached hydrogen (secondary N) is 1. The van der Waals surface area contributed by atoms with E-state index in [0.717, 1.165) is 12.8 Å². The van der Waals surface area contributed by atoms with Gasteiger partial charge in [0.1, 0.15) is 11.1 Å². The van der Waals surface area contributed by atoms with E-state index in [1.54, 1.807) is 19.0 Å². The zero-order chi connectivity index (χ0) is 13.3. The molecule has 1 aliphatic heterocycles. The number of nitrogens with zero attached hydrogens (tertiary/aromatic N) is 3. The highest BCUT2D eigenvalue weighted by molar-refractivity contribution is 6.33. The largest absolute Gasteiger partial charge is 0.357 e. The maximum Gasteiger partial charge on any atom is 0.285 e. The molecule has 6 nitrogen and oxygen atoms in total. The van der Waals surface area contributed by atoms with Crippen molar-refractivity contribution in [3.05, 3.63) is 21.6 Å². The van der Waals surface area contributed by atoms with Gasteiger partial charge in [-0.05, 0) is 12.8 Å². The summed E-state index contributed by atoms with van der Waals surface area (Å²) in [5.41, 5.74) is 0.0928. The van der Waals surface area contributed by atoms with Crippen LogP contribution in [0.2, 0.25) is 5.02 Å². The van der Waals surface area contributed by atoms with E-state index < -0.39 is 5.56 Å². The highest BCUT2D eigenvalue weighted by Gasteiger charge is 2.33. The van der Waals surface area contributed by atoms with Crippen LogP contribution in [-0.4, -0.2) is 47.7 Å². The molecule has 1 fully saturated rings. The van der Waals surface area contributed by atoms with Crippen molar-refractivity contribution < 1.29 is 4.79 Å². The molecular formula is C11H15ClN4O2. The lowest BCUT2D eigenvalue weighted by Crippen LogP contribution is -2.43. The van der Waals surface area contributed by atoms with Gasteiger partial charge >= 0.3 is 0 Å². The van der Waals surface area contributed by atoms with Crippen LogP contribution in [0.1, 0.15) is 12.8 Å². The number of H-pyrrole nitrogens is 1. The Labute approximate surface area is 110 Å². The minimum Gasteiger partial charge on any atom is -0.357 e. The van der Waals surface area contributed by atoms with Crippen LogP contribution in [0.25, 0.3) is 0 Å². The number of carbonyl (C=O) groups excluding carboxylic acids is 1. The topological polar surface area (TPSA) is 69.3 Å². The molecule has 0 radical (unpaired) electrons. The first-order chi connectivity index (χ1) is 8.52. The van der Waals surface area contributed by atoms with Crippen LogP contribution in [0.3, 0.4) is 0 Å². The molecule has 1 unspecified atom stereocenters. The molecule has 1 amide bonds. The quantitative estimate of drug-likeness (QED) is 0.849. The smallest absolute Gasteiger partial charge is 0.285 e. The maximum absolute atomic E-state index is 12.1. The fourth-order valence-electron chi connectivity index (χ4n) is 2.18. The average molecular weight is 271 g/mol. The summed E-state index contributed by atoms with van der Waals surface area (Å²) in [5.74, 6) is 0.0175. The summed E-state index contributed by atoms with van der Waals surface area (Å²) in [4.78, 5) is 26.9. The Balaban J connectivity index is 2.35. The average Bonchev–Trinajstić information content (AvgIpc) is 2.80. The van der Waals surface area contributed by atoms with Gasteiger partial charge in [0.05, 0.1) is 11.9 Å². The molecule has 0 spiro atoms. The Morgan fingerprint density at radius 2 is 2.33 bits per heavy atom. The van der Waals surface area contributed by atoms with Crippen LogP contribution in [0.5, 0.6) is 0 Å². The van der Waals surface area contributed by atoms with Crippen LogP contribution >= 0.6 is 11.6 Å². The van der Waals surface area contributed by atoms with E-state index in [2.05, 4.69) is 10.2 Å². The van der Waals surface area contributed by atoms with Crippen molar-refractivity contribution in [3.63, 3.8) is 0 Å². The van der Waals surface area contributed by atoms with Crippen molar-refractivity contribution in [2.75, 3.05) is 25.5 Å². The van der Waals surface area contributed by atoms with E-state index in [1.165, 1.54) is 6.20 Å². The predicted molar refractivity (Wildman–Crippen MR) is 68.9 cm³/mol. The molecule has 2 heterocycles. The van der Waals surface area contributed by atoms with Gasteiger partial charge in [-0.25, -0.2) is 5.10 Å². The lowest BCUT2D eigenvalue weighted by Gasteiger charge is -2.27. The number of hydrogen-bond donors (Lipinski definition) is 1. The first kappa shape index (κ1) is 12.9. The molecule has 98 valence electrons. The van der Waals surface area contributed by atoms with E-state index in [1.807, 2.05) is 4.90 Å². The number of anilines is 1. The lowest BCUT2D eigenvalue weighted by atomic mass is 10.2. The van der Waals surface area contributed by atoms with Crippen molar-refractivity contribution in [1.82, 2.24) is 15.1 Å². The second-order valence-corrected chi connectivity index (χ2v) is 4.86. The summed E-state index contributed by atoms with van der Waals surface area (Å²) >= 11 is 5.97. The number of hydrogen-bond acceptors (Lipinski definition) is 4. The van der Waals surface area contributed by atoms with Crippen molar-refractivity contribution in [3.8, 4) is 0 Å². The third-order valence-electron chi connectivity index (χ3n) is 3.07. The molecule has 0 aromatic carbocycles. The maximum atomic E-state index is 12.1. The summed E-state index contributed by atoms with van der Waals surface area (Å²) in [6.07, 6.45) is 3.15. The van der Waals surface area contributed by atoms with Crippen molar-refractivity contribution in [2.24, 2.45) is 0 Å². The number of aromatic amines is 1. The molecule has 0 bridgehead atoms. The van der Waals surface area contributed by atoms with Gasteiger partial charge in [0.25, 0.3) is 5.56 Å². The highest BCUT2D eigenvalue weighted by atomic mass is 35.5. The molecule has 2 rings (SSSR count). The molecule has 1 N–H and O–H groups in total. The van der Waals surface area contributed by atoms with Crippen LogP contribution in [-0.2, 0) is 4.79 Å². The van der Waals surface area contributed by atoms with Crippen molar-refractivity contribution in [2.45, 2.75) is 18.9 Å². The molecule has 1 aromatic heterocycles. The van der Waals surface area contributed by atoms with Crippen LogP contribution in [0.15, 0.2) is 11.0 Å². The van der Waals surface area contributed by atoms with Crippen LogP contribution in [0, 0.1) is 0 Å². The number of halogens is 1. The minimum absolute atomic E-state index is 0.0175. The first-order valence-electron chi connectivity index (χ1n) is 5.73. The van der Waals surface area contributed by atoms with Gasteiger partial charge < -0.3 is 9.80 Å². The van der Waals surface area contributed by atoms with Gasteiger partial charge in [-0.15, -0.1) is 0 Å². The third kappa shape index (κ3) is 2.20. The summed E-state index contributed by atoms with van der Waals surface area (Å²) in [6, 6.07) is -0.263. The Hall–Kier alpha value is -1.56. The second kappa shape index (κ2) is 4.97. The van der Waals surface area contributed by atoms with Gasteiger partial charge in [-0.3, -0.25) is 9.59 Å². The van der Waals surface area contributed by atoms with Gasteiger partial charge in [-0.2, -0.15) is 5.10 Å². The monoisotopic (exact) mass is 270 g/mol. The second-order valence-electron chi connectivity index (χ2n) is 4.48. The van der Waals surface area contributed by atoms with E-state index in [-0.39, 0.29) is 17.0 Å². The summed E-state index contributed by atoms with van der Waals surface area (Å²) in [7, 11) is 3.44. The standard InChI is InChI=1S/C11H15ClN4O2/c1-15(2)11(18)7-4-3-5-16(7)8-6-13-14-10(17)9(8)12/h6-7H,3-5H2,1-2H3,(H,14,17). The molecule has 0 saturated carbocycles. The van der Waals surface area contributed by atoms with Gasteiger partial charge in [0.15, 0.2) is 0 Å². The number of aromatic nitrogens is 2. The highest BCUT2D eigenvalue weighted by Crippen LogP contribution is 2.29. The Kier molecular flexibility index (Phi) is 3.56. The van der Waals surface area contributed by atoms with Crippen molar-refractivity contribution in [1.29, 1.82) is 0 Å². The van der Waals surface area contributed by atoms with Gasteiger partial charge in [0.2, 0.25) is 5.91 Å². The van der Waals surface area contributed by atoms with Crippen LogP contribution < -0.4 is 10.5 Å². The number of likely N-dealkylation sites (N-methyl/N-ethyl adjacent to an activating group) is 1. The van der Waals surface area contributed by atoms with E-state index in [9.17, 15) is 9.59 Å². The van der Waals surface area contributed by atoms with Gasteiger partial charge in [-0.1, -0.05) is 11.6 Å². The van der Waals surface area contributed by atoms with Crippen molar-refractivity contribution >= 4 is 23.2 Å². The number of carbonyl (C=O) groups is 1. The lowest BCUT2D eigenvalue weighted by molar-refractivity contribution is -0.129. The third-order valence-corrected chi connectivity index (χ3v) is 3.43. The van der Waals surface area contributed by atoms with Crippen LogP contribution in [0.4, 0.5) is 5.69 Å². The number of rotatable bonds is 2. The Morgan fingerprint density at radius 3 is 3.00 bits per heavy atom. The zero-order valence-electron chi connectivity index (χ0n) is 10.3. The summed E-state index contributed by atoms with van der Waals surface area (Å²) in [5, 5.41) is 6.10. The fourth-order valence-corrected chi connectivity index (χ4v) is 2.38. The molecular weight excluding hydrogens is 256 g/mol. The van der Waals surface area contributed by atoms with E-state index >= 15 is 0 Å². The summed E-state index contributed by atoms with van der Waals surface area (Å²) < 4.78 is 0. The fraction of sp³-hybridized carbons (Fsp3) is 0.545. The molecule has 1 saturated heterocycles. The van der Waals surface area contributed by atoms with E-state index in [4.69, 9.17) is 11.6 Å². The molecule has 0 aliphatic carbocycles. The summed E-state index contributed by atoms with van der Waals surface area (Å²) in [6.45, 7) is 0.703. The molecule has 18 heavy (non-hydrogen) atoms. The number of amides is 1. The Morgan fingerprint density at radius 1 is 1.61 bits per heavy atom. The molecule has 7 heteroatoms.